The van der Waals surface area contributed by atoms with Crippen molar-refractivity contribution in [3.05, 3.63) is 28.8 Å². The van der Waals surface area contributed by atoms with Crippen molar-refractivity contribution in [2.45, 2.75) is 5.75 Å². The minimum Gasteiger partial charge on any atom is -0.495 e. The van der Waals surface area contributed by atoms with Crippen LogP contribution in [0.2, 0.25) is 5.02 Å². The molecule has 0 heterocycles. The smallest absolute Gasteiger partial charge is 0.316 e. The molecule has 0 aliphatic carbocycles. The Morgan fingerprint density at radius 1 is 1.56 bits per heavy atom. The number of carboxylic acid groups (broad SMARTS) is 1. The molecular weight excluding hydrogens is 252 g/mol. The van der Waals surface area contributed by atoms with Crippen molar-refractivity contribution < 1.29 is 18.8 Å². The van der Waals surface area contributed by atoms with Gasteiger partial charge in [-0.25, -0.2) is 0 Å². The third kappa shape index (κ3) is 3.50. The zero-order chi connectivity index (χ0) is 12.1. The molecule has 4 nitrogen and oxygen atoms in total. The van der Waals surface area contributed by atoms with E-state index in [1.54, 1.807) is 18.2 Å². The van der Waals surface area contributed by atoms with Crippen LogP contribution in [-0.4, -0.2) is 28.1 Å². The molecule has 0 spiro atoms. The first-order valence-corrected chi connectivity index (χ1v) is 6.29. The Balaban J connectivity index is 2.81. The van der Waals surface area contributed by atoms with Crippen LogP contribution in [-0.2, 0) is 21.3 Å². The van der Waals surface area contributed by atoms with Crippen LogP contribution >= 0.6 is 11.6 Å². The maximum atomic E-state index is 11.4. The highest BCUT2D eigenvalue weighted by molar-refractivity contribution is 7.84. The van der Waals surface area contributed by atoms with Crippen LogP contribution in [0.15, 0.2) is 18.2 Å². The fraction of sp³-hybridized carbons (Fsp3) is 0.300. The molecule has 16 heavy (non-hydrogen) atoms. The number of ether oxygens (including phenoxy) is 1. The van der Waals surface area contributed by atoms with E-state index < -0.39 is 16.8 Å². The van der Waals surface area contributed by atoms with E-state index in [1.165, 1.54) is 7.11 Å². The van der Waals surface area contributed by atoms with E-state index in [9.17, 15) is 9.00 Å². The van der Waals surface area contributed by atoms with Gasteiger partial charge in [0.1, 0.15) is 11.5 Å². The first-order valence-electron chi connectivity index (χ1n) is 4.42. The van der Waals surface area contributed by atoms with Crippen molar-refractivity contribution in [3.63, 3.8) is 0 Å². The molecule has 0 saturated carbocycles. The molecule has 0 aliphatic rings. The van der Waals surface area contributed by atoms with Crippen LogP contribution in [0.5, 0.6) is 5.75 Å². The minimum atomic E-state index is -1.46. The zero-order valence-electron chi connectivity index (χ0n) is 8.60. The lowest BCUT2D eigenvalue weighted by molar-refractivity contribution is -0.133. The highest BCUT2D eigenvalue weighted by atomic mass is 35.5. The van der Waals surface area contributed by atoms with Gasteiger partial charge in [-0.1, -0.05) is 23.7 Å². The molecule has 0 aromatic heterocycles. The van der Waals surface area contributed by atoms with Gasteiger partial charge in [0.05, 0.1) is 17.9 Å². The number of aliphatic carboxylic acids is 1. The second-order valence-electron chi connectivity index (χ2n) is 3.06. The highest BCUT2D eigenvalue weighted by Gasteiger charge is 2.11. The molecule has 6 heteroatoms. The van der Waals surface area contributed by atoms with Crippen molar-refractivity contribution in [1.82, 2.24) is 0 Å². The van der Waals surface area contributed by atoms with Gasteiger partial charge in [-0.15, -0.1) is 0 Å². The van der Waals surface area contributed by atoms with Crippen molar-refractivity contribution in [3.8, 4) is 5.75 Å². The second-order valence-corrected chi connectivity index (χ2v) is 4.89. The Hall–Kier alpha value is -1.07. The Labute approximate surface area is 101 Å². The average molecular weight is 263 g/mol. The molecule has 1 aromatic rings. The van der Waals surface area contributed by atoms with Crippen LogP contribution in [0.25, 0.3) is 0 Å². The molecule has 0 aliphatic heterocycles. The van der Waals surface area contributed by atoms with Gasteiger partial charge < -0.3 is 9.84 Å². The van der Waals surface area contributed by atoms with E-state index in [-0.39, 0.29) is 11.5 Å². The van der Waals surface area contributed by atoms with Gasteiger partial charge in [-0.3, -0.25) is 9.00 Å². The third-order valence-corrected chi connectivity index (χ3v) is 3.50. The SMILES string of the molecule is COc1cccc(CS(=O)CC(=O)O)c1Cl. The van der Waals surface area contributed by atoms with Crippen molar-refractivity contribution >= 4 is 28.4 Å². The van der Waals surface area contributed by atoms with E-state index in [2.05, 4.69) is 0 Å². The van der Waals surface area contributed by atoms with Gasteiger partial charge in [-0.2, -0.15) is 0 Å². The average Bonchev–Trinajstić information content (AvgIpc) is 2.20. The fourth-order valence-electron chi connectivity index (χ4n) is 1.19. The van der Waals surface area contributed by atoms with Gasteiger partial charge in [0.15, 0.2) is 0 Å². The quantitative estimate of drug-likeness (QED) is 0.877. The van der Waals surface area contributed by atoms with Crippen LogP contribution < -0.4 is 4.74 Å². The summed E-state index contributed by atoms with van der Waals surface area (Å²) in [6, 6.07) is 5.11. The van der Waals surface area contributed by atoms with Crippen LogP contribution in [0.1, 0.15) is 5.56 Å². The lowest BCUT2D eigenvalue weighted by Crippen LogP contribution is -2.10. The number of carboxylic acids is 1. The fourth-order valence-corrected chi connectivity index (χ4v) is 2.50. The number of carbonyl (C=O) groups is 1. The predicted octanol–water partition coefficient (Wildman–Crippen LogP) is 1.68. The molecule has 0 amide bonds. The van der Waals surface area contributed by atoms with Crippen molar-refractivity contribution in [2.24, 2.45) is 0 Å². The Morgan fingerprint density at radius 2 is 2.25 bits per heavy atom. The minimum absolute atomic E-state index is 0.113. The summed E-state index contributed by atoms with van der Waals surface area (Å²) >= 11 is 5.98. The molecule has 1 N–H and O–H groups in total. The van der Waals surface area contributed by atoms with E-state index >= 15 is 0 Å². The maximum Gasteiger partial charge on any atom is 0.316 e. The summed E-state index contributed by atoms with van der Waals surface area (Å²) in [6.45, 7) is 0. The van der Waals surface area contributed by atoms with E-state index in [0.29, 0.717) is 16.3 Å². The summed E-state index contributed by atoms with van der Waals surface area (Å²) in [5, 5.41) is 8.86. The van der Waals surface area contributed by atoms with Crippen LogP contribution in [0.3, 0.4) is 0 Å². The third-order valence-electron chi connectivity index (χ3n) is 1.86. The Bertz CT molecular complexity index is 419. The molecule has 1 rings (SSSR count). The predicted molar refractivity (Wildman–Crippen MR) is 62.4 cm³/mol. The molecule has 1 unspecified atom stereocenters. The first kappa shape index (κ1) is 13.0. The zero-order valence-corrected chi connectivity index (χ0v) is 10.2. The molecule has 1 aromatic carbocycles. The molecule has 1 atom stereocenters. The standard InChI is InChI=1S/C10H11ClO4S/c1-15-8-4-2-3-7(10(8)11)5-16(14)6-9(12)13/h2-4H,5-6H2,1H3,(H,12,13). The van der Waals surface area contributed by atoms with E-state index in [0.717, 1.165) is 0 Å². The summed E-state index contributed by atoms with van der Waals surface area (Å²) in [6.07, 6.45) is 0. The van der Waals surface area contributed by atoms with Crippen molar-refractivity contribution in [2.75, 3.05) is 12.9 Å². The lowest BCUT2D eigenvalue weighted by Gasteiger charge is -2.07. The number of hydrogen-bond acceptors (Lipinski definition) is 3. The van der Waals surface area contributed by atoms with Gasteiger partial charge in [-0.05, 0) is 11.6 Å². The Kier molecular flexibility index (Phi) is 4.76. The van der Waals surface area contributed by atoms with Gasteiger partial charge in [0, 0.05) is 10.8 Å². The number of benzene rings is 1. The first-order chi connectivity index (χ1) is 7.54. The number of halogens is 1. The largest absolute Gasteiger partial charge is 0.495 e. The summed E-state index contributed by atoms with van der Waals surface area (Å²) in [5.74, 6) is -0.862. The Morgan fingerprint density at radius 3 is 2.81 bits per heavy atom. The van der Waals surface area contributed by atoms with Crippen LogP contribution in [0.4, 0.5) is 0 Å². The summed E-state index contributed by atoms with van der Waals surface area (Å²) in [4.78, 5) is 10.4. The molecule has 0 saturated heterocycles. The highest BCUT2D eigenvalue weighted by Crippen LogP contribution is 2.28. The van der Waals surface area contributed by atoms with E-state index in [4.69, 9.17) is 21.4 Å². The van der Waals surface area contributed by atoms with Gasteiger partial charge >= 0.3 is 5.97 Å². The second kappa shape index (κ2) is 5.86. The monoisotopic (exact) mass is 262 g/mol. The van der Waals surface area contributed by atoms with Crippen LogP contribution in [0, 0.1) is 0 Å². The molecular formula is C10H11ClO4S. The molecule has 88 valence electrons. The molecule has 0 bridgehead atoms. The topological polar surface area (TPSA) is 63.6 Å². The van der Waals surface area contributed by atoms with Crippen molar-refractivity contribution in [1.29, 1.82) is 0 Å². The number of rotatable bonds is 5. The summed E-state index contributed by atoms with van der Waals surface area (Å²) in [7, 11) is 0.0241. The number of hydrogen-bond donors (Lipinski definition) is 1. The van der Waals surface area contributed by atoms with E-state index in [1.807, 2.05) is 0 Å². The molecule has 0 fully saturated rings. The molecule has 0 radical (unpaired) electrons. The normalized spacial score (nSPS) is 12.1. The maximum absolute atomic E-state index is 11.4. The van der Waals surface area contributed by atoms with Gasteiger partial charge in [0.25, 0.3) is 0 Å². The lowest BCUT2D eigenvalue weighted by atomic mass is 10.2. The summed E-state index contributed by atoms with van der Waals surface area (Å²) < 4.78 is 16.4. The summed E-state index contributed by atoms with van der Waals surface area (Å²) in [5.41, 5.74) is 0.626. The number of methoxy groups -OCH3 is 1. The van der Waals surface area contributed by atoms with Gasteiger partial charge in [0.2, 0.25) is 0 Å².